The van der Waals surface area contributed by atoms with E-state index >= 15 is 0 Å². The van der Waals surface area contributed by atoms with E-state index in [4.69, 9.17) is 4.74 Å². The molecule has 4 heteroatoms. The van der Waals surface area contributed by atoms with Crippen molar-refractivity contribution in [3.8, 4) is 0 Å². The summed E-state index contributed by atoms with van der Waals surface area (Å²) >= 11 is 0. The van der Waals surface area contributed by atoms with Crippen molar-refractivity contribution in [2.45, 2.75) is 19.4 Å². The molecule has 0 aliphatic carbocycles. The molecule has 2 N–H and O–H groups in total. The Kier molecular flexibility index (Phi) is 6.70. The first-order chi connectivity index (χ1) is 5.70. The Bertz CT molecular complexity index is 128. The first-order valence-electron chi connectivity index (χ1n) is 4.13. The lowest BCUT2D eigenvalue weighted by Gasteiger charge is -2.11. The van der Waals surface area contributed by atoms with Crippen LogP contribution in [0.5, 0.6) is 0 Å². The topological polar surface area (TPSA) is 50.4 Å². The number of ether oxygens (including phenoxy) is 1. The Morgan fingerprint density at radius 1 is 1.58 bits per heavy atom. The number of hydrogen-bond donors (Lipinski definition) is 2. The second-order valence-corrected chi connectivity index (χ2v) is 2.74. The Hall–Kier alpha value is -0.610. The number of nitrogens with one attached hydrogen (secondary N) is 2. The average Bonchev–Trinajstić information content (AvgIpc) is 2.10. The molecule has 1 unspecified atom stereocenters. The molecular formula is C8H18N2O2. The van der Waals surface area contributed by atoms with Crippen molar-refractivity contribution in [2.75, 3.05) is 27.3 Å². The van der Waals surface area contributed by atoms with Gasteiger partial charge in [0.25, 0.3) is 0 Å². The first-order valence-corrected chi connectivity index (χ1v) is 4.13. The summed E-state index contributed by atoms with van der Waals surface area (Å²) in [5, 5.41) is 5.62. The zero-order valence-electron chi connectivity index (χ0n) is 8.02. The van der Waals surface area contributed by atoms with Crippen molar-refractivity contribution >= 4 is 5.91 Å². The summed E-state index contributed by atoms with van der Waals surface area (Å²) in [7, 11) is 3.30. The fraction of sp³-hybridized carbons (Fsp3) is 0.875. The quantitative estimate of drug-likeness (QED) is 0.583. The van der Waals surface area contributed by atoms with Gasteiger partial charge in [0.2, 0.25) is 5.91 Å². The molecular weight excluding hydrogens is 156 g/mol. The maximum absolute atomic E-state index is 10.8. The number of carbonyl (C=O) groups is 1. The second kappa shape index (κ2) is 7.06. The molecule has 0 saturated heterocycles. The van der Waals surface area contributed by atoms with Crippen LogP contribution in [0.2, 0.25) is 0 Å². The van der Waals surface area contributed by atoms with E-state index in [2.05, 4.69) is 10.6 Å². The summed E-state index contributed by atoms with van der Waals surface area (Å²) in [6.45, 7) is 3.13. The van der Waals surface area contributed by atoms with Gasteiger partial charge in [0.1, 0.15) is 0 Å². The van der Waals surface area contributed by atoms with Crippen LogP contribution in [-0.4, -0.2) is 39.3 Å². The van der Waals surface area contributed by atoms with E-state index in [1.54, 1.807) is 14.2 Å². The van der Waals surface area contributed by atoms with Crippen LogP contribution in [0.4, 0.5) is 0 Å². The molecule has 0 fully saturated rings. The molecule has 12 heavy (non-hydrogen) atoms. The summed E-state index contributed by atoms with van der Waals surface area (Å²) in [5.41, 5.74) is 0. The summed E-state index contributed by atoms with van der Waals surface area (Å²) in [5.74, 6) is 0.0132. The van der Waals surface area contributed by atoms with Crippen LogP contribution in [0.15, 0.2) is 0 Å². The van der Waals surface area contributed by atoms with Crippen molar-refractivity contribution in [3.63, 3.8) is 0 Å². The second-order valence-electron chi connectivity index (χ2n) is 2.74. The summed E-state index contributed by atoms with van der Waals surface area (Å²) in [6.07, 6.45) is 0.924. The standard InChI is InChI=1S/C8H18N2O2/c1-7(4-5-12-3)10-6-8(11)9-2/h7,10H,4-6H2,1-3H3,(H,9,11). The first kappa shape index (κ1) is 11.4. The molecule has 0 aromatic rings. The van der Waals surface area contributed by atoms with E-state index in [0.717, 1.165) is 13.0 Å². The van der Waals surface area contributed by atoms with Gasteiger partial charge in [-0.2, -0.15) is 0 Å². The highest BCUT2D eigenvalue weighted by Gasteiger charge is 2.02. The maximum atomic E-state index is 10.8. The van der Waals surface area contributed by atoms with Gasteiger partial charge in [-0.3, -0.25) is 4.79 Å². The third kappa shape index (κ3) is 6.12. The van der Waals surface area contributed by atoms with Crippen molar-refractivity contribution in [1.29, 1.82) is 0 Å². The summed E-state index contributed by atoms with van der Waals surface area (Å²) in [4.78, 5) is 10.8. The molecule has 1 amide bonds. The van der Waals surface area contributed by atoms with Crippen molar-refractivity contribution in [3.05, 3.63) is 0 Å². The Morgan fingerprint density at radius 3 is 2.75 bits per heavy atom. The molecule has 0 spiro atoms. The summed E-state index contributed by atoms with van der Waals surface area (Å²) in [6, 6.07) is 0.322. The highest BCUT2D eigenvalue weighted by molar-refractivity contribution is 5.77. The number of rotatable bonds is 6. The lowest BCUT2D eigenvalue weighted by Crippen LogP contribution is -2.36. The SMILES string of the molecule is CNC(=O)CNC(C)CCOC. The van der Waals surface area contributed by atoms with E-state index < -0.39 is 0 Å². The van der Waals surface area contributed by atoms with E-state index in [9.17, 15) is 4.79 Å². The Morgan fingerprint density at radius 2 is 2.25 bits per heavy atom. The van der Waals surface area contributed by atoms with Crippen LogP contribution in [0, 0.1) is 0 Å². The number of methoxy groups -OCH3 is 1. The minimum absolute atomic E-state index is 0.0132. The van der Waals surface area contributed by atoms with Gasteiger partial charge in [-0.25, -0.2) is 0 Å². The Labute approximate surface area is 73.7 Å². The van der Waals surface area contributed by atoms with Crippen LogP contribution < -0.4 is 10.6 Å². The zero-order chi connectivity index (χ0) is 9.40. The normalized spacial score (nSPS) is 12.6. The molecule has 0 aliphatic heterocycles. The van der Waals surface area contributed by atoms with Gasteiger partial charge in [0.05, 0.1) is 6.54 Å². The van der Waals surface area contributed by atoms with E-state index in [0.29, 0.717) is 12.6 Å². The van der Waals surface area contributed by atoms with Gasteiger partial charge < -0.3 is 15.4 Å². The number of carbonyl (C=O) groups excluding carboxylic acids is 1. The monoisotopic (exact) mass is 174 g/mol. The van der Waals surface area contributed by atoms with Crippen LogP contribution in [-0.2, 0) is 9.53 Å². The number of hydrogen-bond acceptors (Lipinski definition) is 3. The average molecular weight is 174 g/mol. The molecule has 0 aromatic heterocycles. The number of likely N-dealkylation sites (N-methyl/N-ethyl adjacent to an activating group) is 1. The third-order valence-corrected chi connectivity index (χ3v) is 1.64. The molecule has 1 atom stereocenters. The molecule has 0 rings (SSSR count). The fourth-order valence-corrected chi connectivity index (χ4v) is 0.752. The van der Waals surface area contributed by atoms with Gasteiger partial charge in [-0.05, 0) is 13.3 Å². The van der Waals surface area contributed by atoms with Crippen LogP contribution in [0.3, 0.4) is 0 Å². The zero-order valence-corrected chi connectivity index (χ0v) is 8.02. The van der Waals surface area contributed by atoms with Gasteiger partial charge in [0, 0.05) is 26.8 Å². The minimum atomic E-state index is 0.0132. The molecule has 0 saturated carbocycles. The van der Waals surface area contributed by atoms with E-state index in [1.807, 2.05) is 6.92 Å². The number of amides is 1. The van der Waals surface area contributed by atoms with Gasteiger partial charge >= 0.3 is 0 Å². The minimum Gasteiger partial charge on any atom is -0.385 e. The predicted molar refractivity (Wildman–Crippen MR) is 48.0 cm³/mol. The predicted octanol–water partition coefficient (Wildman–Crippen LogP) is -0.253. The molecule has 0 bridgehead atoms. The molecule has 0 heterocycles. The largest absolute Gasteiger partial charge is 0.385 e. The van der Waals surface area contributed by atoms with Crippen LogP contribution in [0.1, 0.15) is 13.3 Å². The van der Waals surface area contributed by atoms with Crippen molar-refractivity contribution < 1.29 is 9.53 Å². The molecule has 72 valence electrons. The maximum Gasteiger partial charge on any atom is 0.233 e. The van der Waals surface area contributed by atoms with Crippen molar-refractivity contribution in [2.24, 2.45) is 0 Å². The third-order valence-electron chi connectivity index (χ3n) is 1.64. The Balaban J connectivity index is 3.30. The summed E-state index contributed by atoms with van der Waals surface area (Å²) < 4.78 is 4.91. The fourth-order valence-electron chi connectivity index (χ4n) is 0.752. The smallest absolute Gasteiger partial charge is 0.233 e. The highest BCUT2D eigenvalue weighted by atomic mass is 16.5. The lowest BCUT2D eigenvalue weighted by atomic mass is 10.2. The van der Waals surface area contributed by atoms with Gasteiger partial charge in [-0.15, -0.1) is 0 Å². The van der Waals surface area contributed by atoms with Crippen LogP contribution >= 0.6 is 0 Å². The van der Waals surface area contributed by atoms with Gasteiger partial charge in [0.15, 0.2) is 0 Å². The van der Waals surface area contributed by atoms with Crippen molar-refractivity contribution in [1.82, 2.24) is 10.6 Å². The van der Waals surface area contributed by atoms with Gasteiger partial charge in [-0.1, -0.05) is 0 Å². The highest BCUT2D eigenvalue weighted by Crippen LogP contribution is 1.89. The molecule has 0 aromatic carbocycles. The van der Waals surface area contributed by atoms with E-state index in [1.165, 1.54) is 0 Å². The van der Waals surface area contributed by atoms with E-state index in [-0.39, 0.29) is 5.91 Å². The molecule has 4 nitrogen and oxygen atoms in total. The lowest BCUT2D eigenvalue weighted by molar-refractivity contribution is -0.119. The van der Waals surface area contributed by atoms with Crippen LogP contribution in [0.25, 0.3) is 0 Å². The molecule has 0 radical (unpaired) electrons. The molecule has 0 aliphatic rings.